The lowest BCUT2D eigenvalue weighted by Gasteiger charge is -2.48. The monoisotopic (exact) mass is 1980 g/mol. The van der Waals surface area contributed by atoms with Gasteiger partial charge in [0, 0.05) is 91.3 Å². The van der Waals surface area contributed by atoms with Gasteiger partial charge in [-0.3, -0.25) is 43.6 Å². The molecule has 0 unspecified atom stereocenters. The van der Waals surface area contributed by atoms with Crippen molar-refractivity contribution >= 4 is 93.2 Å². The van der Waals surface area contributed by atoms with Crippen molar-refractivity contribution in [3.63, 3.8) is 0 Å². The van der Waals surface area contributed by atoms with E-state index in [1.54, 1.807) is 134 Å². The van der Waals surface area contributed by atoms with Gasteiger partial charge in [0.1, 0.15) is 36.2 Å². The minimum Gasteiger partial charge on any atom is -0.458 e. The average molecular weight is 1980 g/mol. The second kappa shape index (κ2) is 51.7. The molecule has 0 radical (unpaired) electrons. The topological polar surface area (TPSA) is 367 Å². The molecule has 7 aromatic rings. The Morgan fingerprint density at radius 1 is 0.552 bits per heavy atom. The SMILES string of the molecule is CCN(C)CCN.CC[C@H]1OC(=O)[C@H](C)C(=O)[C@H](C)[C@@H](O[C@@H]2O[C@H](C)C[C@H](N(C)C)[C@H]2OC(=O)c2ccccc2)[C@](C)(OC/C=C/c2cnc3ccccc3c2)C[C@@H](C)C(=O)/C(C)=C/[C@]1(C)OC(=O)n1ccnc1.CC[C@H]1OC(=O)[C@H](C)C(=O)[C@H](C)[C@@H](O[C@@H]2O[C@H](C)C[C@H](N(C)C)[C@H]2OC(=O)c2ccccc2)[C@](C)(OC/C=C/c2cnc3ccccc3c2)C[C@@H](C)C(=O)[C@H](C)[C@H]2N(CCN(C)CC)C(=O)O[C@]12C. The number of rotatable bonds is 28. The lowest BCUT2D eigenvalue weighted by Crippen LogP contribution is -2.61. The number of likely N-dealkylation sites (N-methyl/N-ethyl adjacent to an activating group) is 4. The molecule has 8 heterocycles. The number of nitrogens with zero attached hydrogens (tertiary/aromatic N) is 9. The maximum absolute atomic E-state index is 15.2. The molecule has 5 aliphatic rings. The van der Waals surface area contributed by atoms with Crippen molar-refractivity contribution in [3.05, 3.63) is 198 Å². The third-order valence-electron chi connectivity index (χ3n) is 28.5. The van der Waals surface area contributed by atoms with Crippen LogP contribution in [0, 0.1) is 41.4 Å². The number of hydrogen-bond donors (Lipinski definition) is 1. The molecule has 143 heavy (non-hydrogen) atoms. The van der Waals surface area contributed by atoms with Crippen molar-refractivity contribution < 1.29 is 105 Å². The van der Waals surface area contributed by atoms with E-state index >= 15 is 4.79 Å². The van der Waals surface area contributed by atoms with Gasteiger partial charge in [-0.25, -0.2) is 28.7 Å². The number of pyridine rings is 2. The third kappa shape index (κ3) is 28.8. The quantitative estimate of drug-likeness (QED) is 0.0270. The van der Waals surface area contributed by atoms with Gasteiger partial charge in [-0.2, -0.15) is 0 Å². The molecule has 32 heteroatoms. The minimum absolute atomic E-state index is 0.00650. The van der Waals surface area contributed by atoms with Crippen LogP contribution in [0.15, 0.2) is 176 Å². The van der Waals surface area contributed by atoms with E-state index in [0.717, 1.165) is 63.7 Å². The highest BCUT2D eigenvalue weighted by Crippen LogP contribution is 2.46. The number of carbonyl (C=O) groups excluding carboxylic acids is 10. The molecule has 4 saturated heterocycles. The summed E-state index contributed by atoms with van der Waals surface area (Å²) in [7, 11) is 11.6. The molecule has 12 rings (SSSR count). The first-order chi connectivity index (χ1) is 67.9. The van der Waals surface area contributed by atoms with Crippen LogP contribution in [0.4, 0.5) is 9.59 Å². The largest absolute Gasteiger partial charge is 0.458 e. The number of Topliss-reactive ketones (excluding diaryl/α,β-unsaturated/α-hetero) is 4. The predicted octanol–water partition coefficient (Wildman–Crippen LogP) is 15.6. The standard InChI is InChI=1S/C54H74N4O11.C52H64N4O11.C5H14N2/c1-13-43-54(9)47(58(52(63)69-54)27-26-57(12)14-2)35(5)44(59)33(3)31-53(8,64-28-20-21-38-30-40-24-18-19-25-41(40)55-32-38)48(36(6)45(60)37(7)49(61)66-43)68-51-46(42(56(10)11)29-34(4)65-51)67-50(62)39-22-16-15-17-23-39;1-11-42-51(7,67-50(61)56-24-23-53-31-56)28-32(2)43(57)33(3)29-52(8,62-25-17-18-37-27-39-21-15-16-22-40(39)54-30-37)46(35(5)44(58)36(6)47(59)64-42)66-49-45(41(55(9)10)26-34(4)63-49)65-48(60)38-19-13-12-14-20-38;1-3-7(2)5-4-6/h15-25,30,32-37,42-43,46-48,51H,13-14,26-29,31H2,1-12H3;12-24,27-28,30-31,33-36,41-42,45-46,49H,11,25-26,29H2,1-10H3;3-6H2,1-2H3/b21-20+;18-17+,32-28+;/t33-,34-,35+,36+,37-,42+,43-,46-,47-,48-,51+,53-,54-;33-,34-,35+,36-,41+,42-,45-,46-,49+,51+,52-;/m11./s1. The number of para-hydroxylation sites is 2. The van der Waals surface area contributed by atoms with Crippen molar-refractivity contribution in [2.75, 3.05) is 94.8 Å². The van der Waals surface area contributed by atoms with E-state index in [-0.39, 0.29) is 86.9 Å². The number of amides is 1. The van der Waals surface area contributed by atoms with Gasteiger partial charge in [-0.05, 0) is 228 Å². The summed E-state index contributed by atoms with van der Waals surface area (Å²) >= 11 is 0. The van der Waals surface area contributed by atoms with Crippen LogP contribution in [0.3, 0.4) is 0 Å². The van der Waals surface area contributed by atoms with Gasteiger partial charge < -0.3 is 82.2 Å². The molecule has 2 N–H and O–H groups in total. The van der Waals surface area contributed by atoms with Crippen LogP contribution in [0.2, 0.25) is 0 Å². The highest BCUT2D eigenvalue weighted by molar-refractivity contribution is 6.01. The first kappa shape index (κ1) is 114. The summed E-state index contributed by atoms with van der Waals surface area (Å²) in [5, 5.41) is 1.94. The first-order valence-corrected chi connectivity index (χ1v) is 50.2. The van der Waals surface area contributed by atoms with E-state index in [1.807, 2.05) is 178 Å². The number of ketones is 4. The van der Waals surface area contributed by atoms with E-state index in [2.05, 4.69) is 38.7 Å². The van der Waals surface area contributed by atoms with Crippen LogP contribution < -0.4 is 5.73 Å². The number of fused-ring (bicyclic) bond motifs is 3. The second-order valence-corrected chi connectivity index (χ2v) is 40.1. The Balaban J connectivity index is 0.000000275. The molecule has 5 aliphatic heterocycles. The number of cyclic esters (lactones) is 2. The summed E-state index contributed by atoms with van der Waals surface area (Å²) in [6.45, 7) is 36.1. The molecule has 24 atom stereocenters. The fourth-order valence-corrected chi connectivity index (χ4v) is 20.2. The molecule has 3 aromatic heterocycles. The van der Waals surface area contributed by atoms with Gasteiger partial charge in [0.25, 0.3) is 0 Å². The molecule has 0 saturated carbocycles. The highest BCUT2D eigenvalue weighted by atomic mass is 16.7. The Bertz CT molecular complexity index is 5530. The smallest absolute Gasteiger partial charge is 0.420 e. The molecule has 1 amide bonds. The molecule has 778 valence electrons. The Hall–Kier alpha value is -11.0. The van der Waals surface area contributed by atoms with Gasteiger partial charge >= 0.3 is 36.1 Å². The van der Waals surface area contributed by atoms with Crippen molar-refractivity contribution in [2.45, 2.75) is 265 Å². The van der Waals surface area contributed by atoms with Gasteiger partial charge in [0.05, 0.1) is 89.1 Å². The zero-order chi connectivity index (χ0) is 105. The number of ether oxygens (including phenoxy) is 12. The van der Waals surface area contributed by atoms with Crippen LogP contribution in [0.1, 0.15) is 195 Å². The van der Waals surface area contributed by atoms with E-state index in [9.17, 15) is 43.2 Å². The third-order valence-corrected chi connectivity index (χ3v) is 28.5. The summed E-state index contributed by atoms with van der Waals surface area (Å²) < 4.78 is 79.3. The van der Waals surface area contributed by atoms with E-state index in [1.165, 1.54) is 38.6 Å². The summed E-state index contributed by atoms with van der Waals surface area (Å²) in [5.74, 6) is -11.5. The molecule has 0 aliphatic carbocycles. The fourth-order valence-electron chi connectivity index (χ4n) is 20.2. The molecular formula is C111H152N10O22. The van der Waals surface area contributed by atoms with Gasteiger partial charge in [0.2, 0.25) is 0 Å². The van der Waals surface area contributed by atoms with Crippen molar-refractivity contribution in [1.82, 2.24) is 44.0 Å². The van der Waals surface area contributed by atoms with E-state index < -0.39 is 167 Å². The lowest BCUT2D eigenvalue weighted by molar-refractivity contribution is -0.296. The molecule has 4 aromatic carbocycles. The summed E-state index contributed by atoms with van der Waals surface area (Å²) in [6.07, 6.45) is 6.98. The van der Waals surface area contributed by atoms with Crippen LogP contribution in [0.5, 0.6) is 0 Å². The van der Waals surface area contributed by atoms with Gasteiger partial charge in [0.15, 0.2) is 53.3 Å². The Labute approximate surface area is 843 Å². The molecule has 0 bridgehead atoms. The zero-order valence-electron chi connectivity index (χ0n) is 87.9. The maximum atomic E-state index is 15.2. The van der Waals surface area contributed by atoms with Crippen LogP contribution in [0.25, 0.3) is 34.0 Å². The summed E-state index contributed by atoms with van der Waals surface area (Å²) in [4.78, 5) is 166. The lowest BCUT2D eigenvalue weighted by atomic mass is 9.73. The molecule has 32 nitrogen and oxygen atoms in total. The summed E-state index contributed by atoms with van der Waals surface area (Å²) in [5.41, 5.74) is 3.58. The number of hydrogen-bond acceptors (Lipinski definition) is 30. The summed E-state index contributed by atoms with van der Waals surface area (Å²) in [6, 6.07) is 35.3. The Morgan fingerprint density at radius 3 is 1.42 bits per heavy atom. The zero-order valence-corrected chi connectivity index (χ0v) is 87.9. The number of benzene rings is 4. The number of esters is 4. The highest BCUT2D eigenvalue weighted by Gasteiger charge is 2.62. The first-order valence-electron chi connectivity index (χ1n) is 50.2. The minimum atomic E-state index is -1.65. The van der Waals surface area contributed by atoms with Crippen LogP contribution in [-0.2, 0) is 85.6 Å². The number of nitrogens with two attached hydrogens (primary N) is 1. The molecule has 0 spiro atoms. The predicted molar refractivity (Wildman–Crippen MR) is 545 cm³/mol. The number of carbonyl (C=O) groups is 10. The van der Waals surface area contributed by atoms with Gasteiger partial charge in [-0.15, -0.1) is 0 Å². The number of imidazole rings is 1. The van der Waals surface area contributed by atoms with Crippen molar-refractivity contribution in [1.29, 1.82) is 0 Å². The molecule has 4 fully saturated rings. The number of aromatic nitrogens is 4. The van der Waals surface area contributed by atoms with Gasteiger partial charge in [-0.1, -0.05) is 159 Å². The number of allylic oxidation sites excluding steroid dienone is 1. The Morgan fingerprint density at radius 2 is 0.993 bits per heavy atom. The van der Waals surface area contributed by atoms with E-state index in [4.69, 9.17) is 62.6 Å². The van der Waals surface area contributed by atoms with Crippen LogP contribution in [-0.4, -0.2) is 300 Å². The van der Waals surface area contributed by atoms with E-state index in [0.29, 0.717) is 30.5 Å². The van der Waals surface area contributed by atoms with Crippen molar-refractivity contribution in [2.24, 2.45) is 47.2 Å². The normalized spacial score (nSPS) is 30.8. The average Bonchev–Trinajstić information content (AvgIpc) is 1.60. The van der Waals surface area contributed by atoms with Crippen molar-refractivity contribution in [3.8, 4) is 0 Å². The maximum Gasteiger partial charge on any atom is 0.420 e. The fraction of sp³-hybridized carbons (Fsp3) is 0.559. The molecular weight excluding hydrogens is 1830 g/mol. The second-order valence-electron chi connectivity index (χ2n) is 40.1. The van der Waals surface area contributed by atoms with Crippen LogP contribution >= 0.6 is 0 Å². The Kier molecular flexibility index (Phi) is 41.2.